The van der Waals surface area contributed by atoms with E-state index in [4.69, 9.17) is 10.5 Å². The number of halogens is 2. The van der Waals surface area contributed by atoms with Gasteiger partial charge in [0, 0.05) is 25.7 Å². The summed E-state index contributed by atoms with van der Waals surface area (Å²) in [7, 11) is 0. The van der Waals surface area contributed by atoms with Gasteiger partial charge in [0.2, 0.25) is 0 Å². The van der Waals surface area contributed by atoms with Gasteiger partial charge in [0.1, 0.15) is 0 Å². The summed E-state index contributed by atoms with van der Waals surface area (Å²) in [5.41, 5.74) is 9.91. The molecule has 0 aliphatic rings. The van der Waals surface area contributed by atoms with Gasteiger partial charge < -0.3 is 20.1 Å². The zero-order valence-corrected chi connectivity index (χ0v) is 18.9. The van der Waals surface area contributed by atoms with Crippen molar-refractivity contribution in [2.75, 3.05) is 13.2 Å². The molecule has 0 aliphatic carbocycles. The lowest BCUT2D eigenvalue weighted by atomic mass is 9.97. The summed E-state index contributed by atoms with van der Waals surface area (Å²) >= 11 is 0. The summed E-state index contributed by atoms with van der Waals surface area (Å²) in [6.07, 6.45) is 4.88. The van der Waals surface area contributed by atoms with Crippen LogP contribution in [0.4, 0.5) is 0 Å². The zero-order valence-electron chi connectivity index (χ0n) is 17.2. The summed E-state index contributed by atoms with van der Waals surface area (Å²) in [4.78, 5) is 15.6. The number of hydrogen-bond donors (Lipinski definition) is 2. The molecule has 1 unspecified atom stereocenters. The van der Waals surface area contributed by atoms with Crippen LogP contribution in [0.3, 0.4) is 0 Å². The van der Waals surface area contributed by atoms with Crippen molar-refractivity contribution in [1.82, 2.24) is 9.55 Å². The van der Waals surface area contributed by atoms with E-state index in [1.54, 1.807) is 6.33 Å². The monoisotopic (exact) mass is 465 g/mol. The average Bonchev–Trinajstić information content (AvgIpc) is 3.19. The van der Waals surface area contributed by atoms with Crippen LogP contribution in [-0.2, 0) is 28.9 Å². The van der Waals surface area contributed by atoms with E-state index in [9.17, 15) is 9.90 Å². The Balaban J connectivity index is 0.00000240. The Hall–Kier alpha value is -2.38. The van der Waals surface area contributed by atoms with Crippen LogP contribution >= 0.6 is 24.8 Å². The van der Waals surface area contributed by atoms with Gasteiger partial charge in [0.15, 0.2) is 6.10 Å². The van der Waals surface area contributed by atoms with Crippen molar-refractivity contribution in [3.8, 4) is 11.1 Å². The standard InChI is InChI=1S/C23H27N3O3.2ClH/c24-12-14-29-22(23(27)28)15-20-16-26(17-25-20)13-6-10-19-9-4-5-11-21(19)18-7-2-1-3-8-18;;/h1-5,7-9,11,16-17,22H,6,10,12-15,24H2,(H,27,28);2*1H. The van der Waals surface area contributed by atoms with Crippen LogP contribution in [-0.4, -0.2) is 39.9 Å². The minimum absolute atomic E-state index is 0. The first-order valence-corrected chi connectivity index (χ1v) is 9.86. The molecule has 3 rings (SSSR count). The van der Waals surface area contributed by atoms with Gasteiger partial charge in [-0.05, 0) is 29.5 Å². The second kappa shape index (κ2) is 13.8. The van der Waals surface area contributed by atoms with E-state index in [1.165, 1.54) is 16.7 Å². The fourth-order valence-electron chi connectivity index (χ4n) is 3.34. The normalized spacial score (nSPS) is 11.3. The number of carboxylic acids is 1. The van der Waals surface area contributed by atoms with E-state index in [1.807, 2.05) is 16.8 Å². The van der Waals surface area contributed by atoms with E-state index in [0.29, 0.717) is 12.2 Å². The molecule has 1 heterocycles. The van der Waals surface area contributed by atoms with Crippen molar-refractivity contribution in [2.45, 2.75) is 31.9 Å². The van der Waals surface area contributed by atoms with Crippen molar-refractivity contribution in [2.24, 2.45) is 5.73 Å². The number of aryl methyl sites for hydroxylation is 2. The first-order chi connectivity index (χ1) is 14.2. The minimum Gasteiger partial charge on any atom is -0.479 e. The van der Waals surface area contributed by atoms with E-state index in [2.05, 4.69) is 53.5 Å². The average molecular weight is 466 g/mol. The fourth-order valence-corrected chi connectivity index (χ4v) is 3.34. The summed E-state index contributed by atoms with van der Waals surface area (Å²) in [6.45, 7) is 1.33. The number of benzene rings is 2. The molecule has 0 bridgehead atoms. The topological polar surface area (TPSA) is 90.4 Å². The molecular formula is C23H29Cl2N3O3. The lowest BCUT2D eigenvalue weighted by molar-refractivity contribution is -0.150. The van der Waals surface area contributed by atoms with Gasteiger partial charge in [0.05, 0.1) is 18.6 Å². The Morgan fingerprint density at radius 1 is 1.10 bits per heavy atom. The summed E-state index contributed by atoms with van der Waals surface area (Å²) in [6, 6.07) is 18.9. The number of rotatable bonds is 11. The van der Waals surface area contributed by atoms with Crippen molar-refractivity contribution in [3.05, 3.63) is 78.4 Å². The molecular weight excluding hydrogens is 437 g/mol. The Morgan fingerprint density at radius 2 is 1.81 bits per heavy atom. The van der Waals surface area contributed by atoms with Crippen molar-refractivity contribution in [1.29, 1.82) is 0 Å². The lowest BCUT2D eigenvalue weighted by Crippen LogP contribution is -2.28. The highest BCUT2D eigenvalue weighted by Gasteiger charge is 2.19. The molecule has 31 heavy (non-hydrogen) atoms. The molecule has 6 nitrogen and oxygen atoms in total. The number of nitrogens with two attached hydrogens (primary N) is 1. The largest absolute Gasteiger partial charge is 0.479 e. The van der Waals surface area contributed by atoms with Crippen LogP contribution in [0, 0.1) is 0 Å². The maximum Gasteiger partial charge on any atom is 0.333 e. The third-order valence-corrected chi connectivity index (χ3v) is 4.76. The maximum absolute atomic E-state index is 11.3. The molecule has 0 amide bonds. The van der Waals surface area contributed by atoms with E-state index in [0.717, 1.165) is 19.4 Å². The third kappa shape index (κ3) is 7.99. The maximum atomic E-state index is 11.3. The molecule has 0 saturated heterocycles. The molecule has 0 spiro atoms. The summed E-state index contributed by atoms with van der Waals surface area (Å²) in [5, 5.41) is 9.26. The summed E-state index contributed by atoms with van der Waals surface area (Å²) < 4.78 is 7.29. The van der Waals surface area contributed by atoms with Gasteiger partial charge in [0.25, 0.3) is 0 Å². The van der Waals surface area contributed by atoms with Crippen LogP contribution in [0.1, 0.15) is 17.7 Å². The third-order valence-electron chi connectivity index (χ3n) is 4.76. The van der Waals surface area contributed by atoms with Gasteiger partial charge in [-0.25, -0.2) is 9.78 Å². The van der Waals surface area contributed by atoms with Crippen LogP contribution in [0.15, 0.2) is 67.1 Å². The van der Waals surface area contributed by atoms with Crippen molar-refractivity contribution < 1.29 is 14.6 Å². The van der Waals surface area contributed by atoms with E-state index < -0.39 is 12.1 Å². The zero-order chi connectivity index (χ0) is 20.5. The molecule has 8 heteroatoms. The SMILES string of the molecule is Cl.Cl.NCCOC(Cc1cn(CCCc2ccccc2-c2ccccc2)cn1)C(=O)O. The van der Waals surface area contributed by atoms with E-state index in [-0.39, 0.29) is 37.8 Å². The molecule has 1 atom stereocenters. The van der Waals surface area contributed by atoms with Gasteiger partial charge in [-0.2, -0.15) is 0 Å². The van der Waals surface area contributed by atoms with E-state index >= 15 is 0 Å². The molecule has 2 aromatic carbocycles. The predicted molar refractivity (Wildman–Crippen MR) is 127 cm³/mol. The predicted octanol–water partition coefficient (Wildman–Crippen LogP) is 4.00. The van der Waals surface area contributed by atoms with Crippen molar-refractivity contribution >= 4 is 30.8 Å². The molecule has 0 radical (unpaired) electrons. The first-order valence-electron chi connectivity index (χ1n) is 9.86. The van der Waals surface area contributed by atoms with Gasteiger partial charge in [-0.1, -0.05) is 54.6 Å². The van der Waals surface area contributed by atoms with Crippen LogP contribution in [0.2, 0.25) is 0 Å². The number of carboxylic acid groups (broad SMARTS) is 1. The van der Waals surface area contributed by atoms with Crippen LogP contribution in [0.25, 0.3) is 11.1 Å². The van der Waals surface area contributed by atoms with Gasteiger partial charge in [-0.15, -0.1) is 24.8 Å². The smallest absolute Gasteiger partial charge is 0.333 e. The Kier molecular flexibility index (Phi) is 11.9. The second-order valence-electron chi connectivity index (χ2n) is 6.92. The minimum atomic E-state index is -0.995. The molecule has 0 fully saturated rings. The molecule has 3 aromatic rings. The quantitative estimate of drug-likeness (QED) is 0.446. The number of imidazole rings is 1. The fraction of sp³-hybridized carbons (Fsp3) is 0.304. The number of aromatic nitrogens is 2. The Bertz CT molecular complexity index is 919. The number of nitrogens with zero attached hydrogens (tertiary/aromatic N) is 2. The van der Waals surface area contributed by atoms with Gasteiger partial charge >= 0.3 is 5.97 Å². The number of aliphatic carboxylic acids is 1. The van der Waals surface area contributed by atoms with Gasteiger partial charge in [-0.3, -0.25) is 0 Å². The number of carbonyl (C=O) groups is 1. The van der Waals surface area contributed by atoms with Crippen molar-refractivity contribution in [3.63, 3.8) is 0 Å². The Morgan fingerprint density at radius 3 is 2.52 bits per heavy atom. The summed E-state index contributed by atoms with van der Waals surface area (Å²) in [5.74, 6) is -0.995. The lowest BCUT2D eigenvalue weighted by Gasteiger charge is -2.11. The highest BCUT2D eigenvalue weighted by atomic mass is 35.5. The highest BCUT2D eigenvalue weighted by Crippen LogP contribution is 2.24. The second-order valence-corrected chi connectivity index (χ2v) is 6.92. The number of ether oxygens (including phenoxy) is 1. The molecule has 3 N–H and O–H groups in total. The van der Waals surface area contributed by atoms with Crippen LogP contribution in [0.5, 0.6) is 0 Å². The highest BCUT2D eigenvalue weighted by molar-refractivity contribution is 5.85. The van der Waals surface area contributed by atoms with Crippen LogP contribution < -0.4 is 5.73 Å². The first kappa shape index (κ1) is 26.7. The molecule has 1 aromatic heterocycles. The molecule has 0 saturated carbocycles. The molecule has 168 valence electrons. The Labute approximate surface area is 195 Å². The molecule has 0 aliphatic heterocycles. The number of hydrogen-bond acceptors (Lipinski definition) is 4.